The van der Waals surface area contributed by atoms with Crippen molar-refractivity contribution in [3.8, 4) is 5.75 Å². The molecule has 2 unspecified atom stereocenters. The lowest BCUT2D eigenvalue weighted by Gasteiger charge is -2.11. The van der Waals surface area contributed by atoms with Gasteiger partial charge in [-0.25, -0.2) is 0 Å². The number of amides is 2. The molecule has 1 fully saturated rings. The molecule has 0 spiro atoms. The monoisotopic (exact) mass is 352 g/mol. The summed E-state index contributed by atoms with van der Waals surface area (Å²) in [6, 6.07) is 14.2. The first-order valence-electron chi connectivity index (χ1n) is 8.91. The second-order valence-corrected chi connectivity index (χ2v) is 7.03. The summed E-state index contributed by atoms with van der Waals surface area (Å²) in [5, 5.41) is 5.74. The lowest BCUT2D eigenvalue weighted by Crippen LogP contribution is -2.15. The van der Waals surface area contributed by atoms with E-state index in [-0.39, 0.29) is 23.8 Å². The van der Waals surface area contributed by atoms with Crippen molar-refractivity contribution in [2.45, 2.75) is 33.3 Å². The second kappa shape index (κ2) is 7.60. The van der Waals surface area contributed by atoms with Crippen LogP contribution in [0.4, 0.5) is 11.4 Å². The minimum Gasteiger partial charge on any atom is -0.491 e. The number of benzene rings is 2. The van der Waals surface area contributed by atoms with Gasteiger partial charge in [0.2, 0.25) is 5.91 Å². The van der Waals surface area contributed by atoms with Crippen molar-refractivity contribution >= 4 is 23.2 Å². The molecule has 2 aromatic carbocycles. The van der Waals surface area contributed by atoms with E-state index in [2.05, 4.69) is 17.6 Å². The normalized spacial score (nSPS) is 18.3. The predicted molar refractivity (Wildman–Crippen MR) is 103 cm³/mol. The highest BCUT2D eigenvalue weighted by molar-refractivity contribution is 6.04. The van der Waals surface area contributed by atoms with E-state index in [1.54, 1.807) is 36.4 Å². The van der Waals surface area contributed by atoms with Crippen LogP contribution in [0.5, 0.6) is 5.75 Å². The molecule has 2 aromatic rings. The predicted octanol–water partition coefficient (Wildman–Crippen LogP) is 4.32. The van der Waals surface area contributed by atoms with E-state index in [4.69, 9.17) is 4.74 Å². The molecule has 0 bridgehead atoms. The van der Waals surface area contributed by atoms with Gasteiger partial charge in [0, 0.05) is 22.9 Å². The summed E-state index contributed by atoms with van der Waals surface area (Å²) in [7, 11) is 0. The van der Waals surface area contributed by atoms with E-state index >= 15 is 0 Å². The van der Waals surface area contributed by atoms with E-state index in [1.807, 2.05) is 26.0 Å². The Hall–Kier alpha value is -2.82. The van der Waals surface area contributed by atoms with Gasteiger partial charge in [0.05, 0.1) is 6.10 Å². The maximum absolute atomic E-state index is 12.3. The molecule has 3 rings (SSSR count). The maximum atomic E-state index is 12.3. The highest BCUT2D eigenvalue weighted by Gasteiger charge is 2.39. The number of anilines is 2. The van der Waals surface area contributed by atoms with Crippen LogP contribution in [-0.2, 0) is 4.79 Å². The SMILES string of the molecule is CC(C)Oc1ccc(NC(=O)c2ccc(NC(=O)C3CC3C)cc2)cc1. The highest BCUT2D eigenvalue weighted by atomic mass is 16.5. The molecule has 2 atom stereocenters. The van der Waals surface area contributed by atoms with Crippen LogP contribution in [-0.4, -0.2) is 17.9 Å². The summed E-state index contributed by atoms with van der Waals surface area (Å²) >= 11 is 0. The first-order valence-corrected chi connectivity index (χ1v) is 8.91. The fraction of sp³-hybridized carbons (Fsp3) is 0.333. The van der Waals surface area contributed by atoms with Gasteiger partial charge in [0.15, 0.2) is 0 Å². The number of carbonyl (C=O) groups excluding carboxylic acids is 2. The molecule has 5 heteroatoms. The molecule has 0 aromatic heterocycles. The molecule has 1 aliphatic carbocycles. The molecule has 2 N–H and O–H groups in total. The zero-order valence-electron chi connectivity index (χ0n) is 15.3. The van der Waals surface area contributed by atoms with Crippen molar-refractivity contribution in [1.82, 2.24) is 0 Å². The van der Waals surface area contributed by atoms with Crippen molar-refractivity contribution in [2.24, 2.45) is 11.8 Å². The summed E-state index contributed by atoms with van der Waals surface area (Å²) in [5.74, 6) is 1.22. The van der Waals surface area contributed by atoms with Crippen LogP contribution in [0.1, 0.15) is 37.6 Å². The third-order valence-electron chi connectivity index (χ3n) is 4.34. The fourth-order valence-electron chi connectivity index (χ4n) is 2.72. The average molecular weight is 352 g/mol. The summed E-state index contributed by atoms with van der Waals surface area (Å²) in [5.41, 5.74) is 1.94. The Morgan fingerprint density at radius 2 is 1.50 bits per heavy atom. The van der Waals surface area contributed by atoms with Gasteiger partial charge < -0.3 is 15.4 Å². The molecule has 136 valence electrons. The van der Waals surface area contributed by atoms with Crippen molar-refractivity contribution in [3.05, 3.63) is 54.1 Å². The van der Waals surface area contributed by atoms with Gasteiger partial charge in [-0.2, -0.15) is 0 Å². The minimum atomic E-state index is -0.198. The van der Waals surface area contributed by atoms with Crippen LogP contribution in [0.3, 0.4) is 0 Å². The molecular weight excluding hydrogens is 328 g/mol. The highest BCUT2D eigenvalue weighted by Crippen LogP contribution is 2.38. The van der Waals surface area contributed by atoms with Gasteiger partial charge in [0.25, 0.3) is 5.91 Å². The van der Waals surface area contributed by atoms with Crippen molar-refractivity contribution in [3.63, 3.8) is 0 Å². The van der Waals surface area contributed by atoms with Gasteiger partial charge >= 0.3 is 0 Å². The Morgan fingerprint density at radius 1 is 0.962 bits per heavy atom. The topological polar surface area (TPSA) is 67.4 Å². The summed E-state index contributed by atoms with van der Waals surface area (Å²) in [6.45, 7) is 6.00. The van der Waals surface area contributed by atoms with Gasteiger partial charge in [-0.05, 0) is 74.7 Å². The van der Waals surface area contributed by atoms with Crippen LogP contribution in [0.2, 0.25) is 0 Å². The number of hydrogen-bond donors (Lipinski definition) is 2. The summed E-state index contributed by atoms with van der Waals surface area (Å²) < 4.78 is 5.58. The Kier molecular flexibility index (Phi) is 5.26. The standard InChI is InChI=1S/C21H24N2O3/c1-13(2)26-18-10-8-17(9-11-18)22-20(24)15-4-6-16(7-5-15)23-21(25)19-12-14(19)3/h4-11,13-14,19H,12H2,1-3H3,(H,22,24)(H,23,25). The number of carbonyl (C=O) groups is 2. The van der Waals surface area contributed by atoms with E-state index in [0.29, 0.717) is 22.9 Å². The number of nitrogens with one attached hydrogen (secondary N) is 2. The Balaban J connectivity index is 1.56. The van der Waals surface area contributed by atoms with E-state index in [1.165, 1.54) is 0 Å². The minimum absolute atomic E-state index is 0.0541. The molecule has 2 amide bonds. The molecule has 26 heavy (non-hydrogen) atoms. The molecule has 0 saturated heterocycles. The molecule has 0 aliphatic heterocycles. The molecule has 0 heterocycles. The maximum Gasteiger partial charge on any atom is 0.255 e. The van der Waals surface area contributed by atoms with E-state index in [0.717, 1.165) is 12.2 Å². The van der Waals surface area contributed by atoms with Gasteiger partial charge in [0.1, 0.15) is 5.75 Å². The zero-order valence-corrected chi connectivity index (χ0v) is 15.3. The quantitative estimate of drug-likeness (QED) is 0.813. The van der Waals surface area contributed by atoms with Crippen LogP contribution in [0.15, 0.2) is 48.5 Å². The first kappa shape index (κ1) is 18.0. The lowest BCUT2D eigenvalue weighted by atomic mass is 10.2. The Bertz CT molecular complexity index is 782. The Morgan fingerprint density at radius 3 is 2.04 bits per heavy atom. The summed E-state index contributed by atoms with van der Waals surface area (Å²) in [4.78, 5) is 24.3. The smallest absolute Gasteiger partial charge is 0.255 e. The molecule has 1 saturated carbocycles. The number of rotatable bonds is 6. The second-order valence-electron chi connectivity index (χ2n) is 7.03. The van der Waals surface area contributed by atoms with Gasteiger partial charge in [-0.1, -0.05) is 6.92 Å². The van der Waals surface area contributed by atoms with E-state index < -0.39 is 0 Å². The fourth-order valence-corrected chi connectivity index (χ4v) is 2.72. The molecule has 0 radical (unpaired) electrons. The van der Waals surface area contributed by atoms with Crippen molar-refractivity contribution in [2.75, 3.05) is 10.6 Å². The average Bonchev–Trinajstić information content (AvgIpc) is 3.34. The number of ether oxygens (including phenoxy) is 1. The van der Waals surface area contributed by atoms with Crippen LogP contribution < -0.4 is 15.4 Å². The third-order valence-corrected chi connectivity index (χ3v) is 4.34. The molecule has 5 nitrogen and oxygen atoms in total. The Labute approximate surface area is 153 Å². The third kappa shape index (κ3) is 4.63. The van der Waals surface area contributed by atoms with Crippen LogP contribution >= 0.6 is 0 Å². The van der Waals surface area contributed by atoms with Crippen molar-refractivity contribution in [1.29, 1.82) is 0 Å². The largest absolute Gasteiger partial charge is 0.491 e. The van der Waals surface area contributed by atoms with Crippen LogP contribution in [0, 0.1) is 11.8 Å². The lowest BCUT2D eigenvalue weighted by molar-refractivity contribution is -0.117. The van der Waals surface area contributed by atoms with Crippen molar-refractivity contribution < 1.29 is 14.3 Å². The molecule has 1 aliphatic rings. The number of hydrogen-bond acceptors (Lipinski definition) is 3. The van der Waals surface area contributed by atoms with E-state index in [9.17, 15) is 9.59 Å². The van der Waals surface area contributed by atoms with Gasteiger partial charge in [-0.3, -0.25) is 9.59 Å². The first-order chi connectivity index (χ1) is 12.4. The van der Waals surface area contributed by atoms with Crippen LogP contribution in [0.25, 0.3) is 0 Å². The zero-order chi connectivity index (χ0) is 18.7. The molecular formula is C21H24N2O3. The van der Waals surface area contributed by atoms with Gasteiger partial charge in [-0.15, -0.1) is 0 Å². The summed E-state index contributed by atoms with van der Waals surface area (Å²) in [6.07, 6.45) is 1.06.